The number of hydrogen-bond acceptors (Lipinski definition) is 2. The smallest absolute Gasteiger partial charge is 0.163 e. The van der Waals surface area contributed by atoms with Crippen LogP contribution in [0, 0.1) is 0 Å². The second-order valence-corrected chi connectivity index (χ2v) is 4.01. The summed E-state index contributed by atoms with van der Waals surface area (Å²) in [5.41, 5.74) is 2.02. The summed E-state index contributed by atoms with van der Waals surface area (Å²) in [5.74, 6) is 1.02. The molecule has 0 amide bonds. The molecule has 0 saturated heterocycles. The Morgan fingerprint density at radius 1 is 1.25 bits per heavy atom. The van der Waals surface area contributed by atoms with E-state index in [1.54, 1.807) is 7.11 Å². The molecule has 2 rings (SSSR count). The molecule has 0 unspecified atom stereocenters. The molecular formula is C14H20O2. The largest absolute Gasteiger partial charge is 0.497 e. The standard InChI is InChI=1S/C11H12O2.C3H8/c1-13-9-6-5-8-3-2-4-11(12)10(8)7-9;1-3-2/h5-7H,2-4H2,1H3;3H2,1-2H3. The molecule has 0 aliphatic heterocycles. The summed E-state index contributed by atoms with van der Waals surface area (Å²) in [6.45, 7) is 4.25. The summed E-state index contributed by atoms with van der Waals surface area (Å²) >= 11 is 0. The molecule has 0 spiro atoms. The molecule has 0 saturated carbocycles. The van der Waals surface area contributed by atoms with E-state index in [1.807, 2.05) is 18.2 Å². The first kappa shape index (κ1) is 12.8. The quantitative estimate of drug-likeness (QED) is 0.722. The van der Waals surface area contributed by atoms with Crippen LogP contribution in [0.2, 0.25) is 0 Å². The van der Waals surface area contributed by atoms with Crippen molar-refractivity contribution in [2.45, 2.75) is 39.5 Å². The van der Waals surface area contributed by atoms with Gasteiger partial charge >= 0.3 is 0 Å². The van der Waals surface area contributed by atoms with Crippen LogP contribution in [-0.4, -0.2) is 12.9 Å². The summed E-state index contributed by atoms with van der Waals surface area (Å²) < 4.78 is 5.08. The van der Waals surface area contributed by atoms with Crippen molar-refractivity contribution in [2.75, 3.05) is 7.11 Å². The number of carbonyl (C=O) groups excluding carboxylic acids is 1. The third-order valence-electron chi connectivity index (χ3n) is 2.47. The van der Waals surface area contributed by atoms with Gasteiger partial charge in [0, 0.05) is 12.0 Å². The van der Waals surface area contributed by atoms with Gasteiger partial charge in [-0.3, -0.25) is 4.79 Å². The molecule has 1 aromatic carbocycles. The zero-order valence-corrected chi connectivity index (χ0v) is 10.4. The number of benzene rings is 1. The minimum absolute atomic E-state index is 0.250. The van der Waals surface area contributed by atoms with Crippen LogP contribution in [0.1, 0.15) is 49.0 Å². The first-order valence-electron chi connectivity index (χ1n) is 5.93. The first-order chi connectivity index (χ1) is 7.72. The van der Waals surface area contributed by atoms with Crippen molar-refractivity contribution in [1.82, 2.24) is 0 Å². The number of ether oxygens (including phenoxy) is 1. The van der Waals surface area contributed by atoms with E-state index >= 15 is 0 Å². The van der Waals surface area contributed by atoms with Crippen molar-refractivity contribution < 1.29 is 9.53 Å². The van der Waals surface area contributed by atoms with Crippen LogP contribution in [0.5, 0.6) is 5.75 Å². The lowest BCUT2D eigenvalue weighted by Crippen LogP contribution is -2.10. The van der Waals surface area contributed by atoms with Crippen LogP contribution in [0.25, 0.3) is 0 Å². The molecule has 0 bridgehead atoms. The predicted octanol–water partition coefficient (Wildman–Crippen LogP) is 3.63. The molecule has 0 radical (unpaired) electrons. The predicted molar refractivity (Wildman–Crippen MR) is 66.2 cm³/mol. The normalized spacial score (nSPS) is 13.6. The summed E-state index contributed by atoms with van der Waals surface area (Å²) in [7, 11) is 1.62. The van der Waals surface area contributed by atoms with Crippen molar-refractivity contribution in [2.24, 2.45) is 0 Å². The molecule has 16 heavy (non-hydrogen) atoms. The van der Waals surface area contributed by atoms with E-state index < -0.39 is 0 Å². The van der Waals surface area contributed by atoms with Crippen LogP contribution < -0.4 is 4.74 Å². The molecular weight excluding hydrogens is 200 g/mol. The number of methoxy groups -OCH3 is 1. The lowest BCUT2D eigenvalue weighted by atomic mass is 9.91. The lowest BCUT2D eigenvalue weighted by molar-refractivity contribution is 0.0972. The maximum atomic E-state index is 11.5. The maximum Gasteiger partial charge on any atom is 0.163 e. The molecule has 2 heteroatoms. The Hall–Kier alpha value is -1.31. The molecule has 0 aromatic heterocycles. The molecule has 0 N–H and O–H groups in total. The minimum Gasteiger partial charge on any atom is -0.497 e. The Balaban J connectivity index is 0.000000386. The summed E-state index contributed by atoms with van der Waals surface area (Å²) in [6, 6.07) is 5.75. The van der Waals surface area contributed by atoms with E-state index in [0.29, 0.717) is 6.42 Å². The fourth-order valence-electron chi connectivity index (χ4n) is 1.73. The van der Waals surface area contributed by atoms with Gasteiger partial charge in [0.05, 0.1) is 7.11 Å². The van der Waals surface area contributed by atoms with Crippen LogP contribution in [-0.2, 0) is 6.42 Å². The number of aryl methyl sites for hydroxylation is 1. The number of rotatable bonds is 1. The van der Waals surface area contributed by atoms with Gasteiger partial charge in [-0.2, -0.15) is 0 Å². The van der Waals surface area contributed by atoms with Crippen LogP contribution in [0.3, 0.4) is 0 Å². The third-order valence-corrected chi connectivity index (χ3v) is 2.47. The van der Waals surface area contributed by atoms with E-state index in [2.05, 4.69) is 13.8 Å². The Kier molecular flexibility index (Phi) is 5.03. The molecule has 0 fully saturated rings. The Labute approximate surface area is 97.6 Å². The zero-order valence-electron chi connectivity index (χ0n) is 10.4. The third kappa shape index (κ3) is 3.09. The maximum absolute atomic E-state index is 11.5. The SMILES string of the molecule is CCC.COc1ccc2c(c1)C(=O)CCC2. The highest BCUT2D eigenvalue weighted by atomic mass is 16.5. The summed E-state index contributed by atoms with van der Waals surface area (Å²) in [5, 5.41) is 0. The van der Waals surface area contributed by atoms with Gasteiger partial charge in [0.1, 0.15) is 5.75 Å². The molecule has 0 heterocycles. The van der Waals surface area contributed by atoms with E-state index in [4.69, 9.17) is 4.74 Å². The molecule has 1 aliphatic carbocycles. The van der Waals surface area contributed by atoms with Gasteiger partial charge in [0.25, 0.3) is 0 Å². The average Bonchev–Trinajstić information content (AvgIpc) is 2.30. The van der Waals surface area contributed by atoms with E-state index in [1.165, 1.54) is 6.42 Å². The zero-order chi connectivity index (χ0) is 12.0. The minimum atomic E-state index is 0.250. The second-order valence-electron chi connectivity index (χ2n) is 4.01. The fourth-order valence-corrected chi connectivity index (χ4v) is 1.73. The number of ketones is 1. The molecule has 0 atom stereocenters. The van der Waals surface area contributed by atoms with Crippen LogP contribution in [0.4, 0.5) is 0 Å². The molecule has 2 nitrogen and oxygen atoms in total. The van der Waals surface area contributed by atoms with Gasteiger partial charge in [-0.05, 0) is 30.5 Å². The van der Waals surface area contributed by atoms with Crippen molar-refractivity contribution in [3.63, 3.8) is 0 Å². The van der Waals surface area contributed by atoms with Gasteiger partial charge in [0.15, 0.2) is 5.78 Å². The van der Waals surface area contributed by atoms with Crippen molar-refractivity contribution in [3.05, 3.63) is 29.3 Å². The Bertz CT molecular complexity index is 356. The van der Waals surface area contributed by atoms with Crippen molar-refractivity contribution in [3.8, 4) is 5.75 Å². The van der Waals surface area contributed by atoms with Gasteiger partial charge in [-0.25, -0.2) is 0 Å². The van der Waals surface area contributed by atoms with E-state index in [9.17, 15) is 4.79 Å². The fraction of sp³-hybridized carbons (Fsp3) is 0.500. The number of carbonyl (C=O) groups is 1. The topological polar surface area (TPSA) is 26.3 Å². The van der Waals surface area contributed by atoms with Crippen molar-refractivity contribution >= 4 is 5.78 Å². The summed E-state index contributed by atoms with van der Waals surface area (Å²) in [4.78, 5) is 11.5. The van der Waals surface area contributed by atoms with Crippen LogP contribution >= 0.6 is 0 Å². The highest BCUT2D eigenvalue weighted by molar-refractivity contribution is 5.98. The van der Waals surface area contributed by atoms with Gasteiger partial charge in [0.2, 0.25) is 0 Å². The van der Waals surface area contributed by atoms with Gasteiger partial charge in [-0.15, -0.1) is 0 Å². The van der Waals surface area contributed by atoms with Gasteiger partial charge in [-0.1, -0.05) is 26.3 Å². The number of hydrogen-bond donors (Lipinski definition) is 0. The highest BCUT2D eigenvalue weighted by Gasteiger charge is 2.16. The Morgan fingerprint density at radius 3 is 2.56 bits per heavy atom. The number of Topliss-reactive ketones (excluding diaryl/α,β-unsaturated/α-hetero) is 1. The molecule has 1 aliphatic rings. The monoisotopic (exact) mass is 220 g/mol. The van der Waals surface area contributed by atoms with E-state index in [0.717, 1.165) is 29.7 Å². The highest BCUT2D eigenvalue weighted by Crippen LogP contribution is 2.24. The second kappa shape index (κ2) is 6.31. The van der Waals surface area contributed by atoms with E-state index in [-0.39, 0.29) is 5.78 Å². The molecule has 88 valence electrons. The van der Waals surface area contributed by atoms with Gasteiger partial charge < -0.3 is 4.74 Å². The lowest BCUT2D eigenvalue weighted by Gasteiger charge is -2.14. The molecule has 1 aromatic rings. The first-order valence-corrected chi connectivity index (χ1v) is 5.93. The average molecular weight is 220 g/mol. The number of fused-ring (bicyclic) bond motifs is 1. The van der Waals surface area contributed by atoms with Crippen LogP contribution in [0.15, 0.2) is 18.2 Å². The van der Waals surface area contributed by atoms with Crippen molar-refractivity contribution in [1.29, 1.82) is 0 Å². The Morgan fingerprint density at radius 2 is 1.94 bits per heavy atom. The summed E-state index contributed by atoms with van der Waals surface area (Å²) in [6.07, 6.45) is 3.93.